The molecule has 0 aromatic heterocycles. The van der Waals surface area contributed by atoms with Crippen molar-refractivity contribution in [2.24, 2.45) is 82.9 Å². The first-order valence-electron chi connectivity index (χ1n) is 31.8. The van der Waals surface area contributed by atoms with E-state index >= 15 is 0 Å². The van der Waals surface area contributed by atoms with Crippen LogP contribution in [0.15, 0.2) is 0 Å². The van der Waals surface area contributed by atoms with Crippen molar-refractivity contribution >= 4 is 0 Å². The first-order valence-corrected chi connectivity index (χ1v) is 31.8. The Labute approximate surface area is 467 Å². The number of hydrogen-bond donors (Lipinski definition) is 0. The van der Waals surface area contributed by atoms with E-state index in [1.807, 2.05) is 0 Å². The third-order valence-electron chi connectivity index (χ3n) is 22.0. The Balaban J connectivity index is 1.08. The van der Waals surface area contributed by atoms with Crippen molar-refractivity contribution in [3.63, 3.8) is 0 Å². The van der Waals surface area contributed by atoms with E-state index in [0.29, 0.717) is 0 Å². The van der Waals surface area contributed by atoms with Crippen molar-refractivity contribution in [3.8, 4) is 0 Å². The molecule has 0 aromatic rings. The van der Waals surface area contributed by atoms with Crippen molar-refractivity contribution in [2.75, 3.05) is 0 Å². The highest BCUT2D eigenvalue weighted by atomic mass is 16.8. The Kier molecular flexibility index (Phi) is 21.6. The van der Waals surface area contributed by atoms with Gasteiger partial charge < -0.3 is 66.3 Å². The van der Waals surface area contributed by atoms with Gasteiger partial charge in [-0.05, 0) is 86.4 Å². The van der Waals surface area contributed by atoms with E-state index in [1.165, 1.54) is 0 Å². The van der Waals surface area contributed by atoms with Gasteiger partial charge in [0.25, 0.3) is 0 Å². The second kappa shape index (κ2) is 26.6. The van der Waals surface area contributed by atoms with Crippen LogP contribution in [0.2, 0.25) is 0 Å². The van der Waals surface area contributed by atoms with Gasteiger partial charge in [0.05, 0.1) is 85.5 Å². The molecule has 0 spiro atoms. The fraction of sp³-hybridized carbons (Fsp3) is 1.00. The SMILES string of the molecule is CCC1O[C@H]2O[C@H]3C(CC)O[C@@H](O[C@H]4C(CC)O[C@@H](O[C@H]5C(CC)O[C@@H](O[C@H]6C(CC)O[C@@H](O[C@H]7C(CC)O[C@@H](O[C@H]8C(CC)O[C@@H](O[C@@H]1[C@H](C)C2C)C(C)[C@H]8C)C(C)[C@H]7C)C(C)[C@H]6C)C(C)[C@H]5C)C(C)[C@H]4C)C(C)[C@H]3C. The molecule has 14 unspecified atom stereocenters. The molecule has 0 N–H and O–H groups in total. The summed E-state index contributed by atoms with van der Waals surface area (Å²) in [5, 5.41) is 0. The van der Waals surface area contributed by atoms with Gasteiger partial charge in [-0.1, -0.05) is 145 Å². The molecule has 21 rings (SSSR count). The highest BCUT2D eigenvalue weighted by molar-refractivity contribution is 4.97. The van der Waals surface area contributed by atoms with Crippen LogP contribution >= 0.6 is 0 Å². The van der Waals surface area contributed by atoms with Crippen LogP contribution in [-0.2, 0) is 66.3 Å². The number of rotatable bonds is 7. The molecule has 21 saturated heterocycles. The standard InChI is InChI=1S/C63H112O14/c1-22-43-50-29(8)36(15)57(64-43)72-51-31(10)38(17)59(66-44(51)23-2)74-53-33(12)40(19)61(68-46(53)25-4)76-55-35(14)42(21)63(70-48(55)27-6)77-56-34(13)41(20)62(69-49(56)28-7)75-54-32(11)39(18)60(67-47(54)26-5)73-52-30(9)37(16)58(71-50)65-45(52)24-3/h29-63H,22-28H2,1-21H3/t29-,30-,31-,32-,33-,34-,35-,36?,37?,38?,39?,40?,41?,42?,43?,44?,45?,46?,47?,48?,49?,50-,51-,52-,53-,54-,55-,56-,57+,58+,59+,60+,61+,62+,63+/m1/s1. The molecular formula is C63H112O14. The summed E-state index contributed by atoms with van der Waals surface area (Å²) in [6.07, 6.45) is 0.183. The maximum atomic E-state index is 7.19. The minimum atomic E-state index is -0.415. The van der Waals surface area contributed by atoms with E-state index in [2.05, 4.69) is 145 Å². The Hall–Kier alpha value is -0.560. The van der Waals surface area contributed by atoms with Gasteiger partial charge >= 0.3 is 0 Å². The van der Waals surface area contributed by atoms with Crippen molar-refractivity contribution < 1.29 is 66.3 Å². The molecule has 0 aromatic carbocycles. The molecule has 0 saturated carbocycles. The molecule has 14 bridgehead atoms. The van der Waals surface area contributed by atoms with Gasteiger partial charge in [0.2, 0.25) is 0 Å². The maximum Gasteiger partial charge on any atom is 0.161 e. The number of hydrogen-bond acceptors (Lipinski definition) is 14. The average molecular weight is 1090 g/mol. The fourth-order valence-electron chi connectivity index (χ4n) is 14.8. The molecule has 0 amide bonds. The molecule has 21 aliphatic heterocycles. The van der Waals surface area contributed by atoms with Crippen molar-refractivity contribution in [3.05, 3.63) is 0 Å². The largest absolute Gasteiger partial charge is 0.346 e. The summed E-state index contributed by atoms with van der Waals surface area (Å²) in [7, 11) is 0. The Morgan fingerprint density at radius 3 is 0.351 bits per heavy atom. The van der Waals surface area contributed by atoms with E-state index in [0.717, 1.165) is 44.9 Å². The summed E-state index contributed by atoms with van der Waals surface area (Å²) < 4.78 is 99.4. The van der Waals surface area contributed by atoms with Gasteiger partial charge in [-0.2, -0.15) is 0 Å². The van der Waals surface area contributed by atoms with Crippen LogP contribution in [0.3, 0.4) is 0 Å². The van der Waals surface area contributed by atoms with E-state index in [4.69, 9.17) is 66.3 Å². The predicted molar refractivity (Wildman–Crippen MR) is 295 cm³/mol. The number of ether oxygens (including phenoxy) is 14. The zero-order valence-electron chi connectivity index (χ0n) is 51.9. The summed E-state index contributed by atoms with van der Waals surface area (Å²) in [6.45, 7) is 47.2. The lowest BCUT2D eigenvalue weighted by Gasteiger charge is -2.52. The second-order valence-electron chi connectivity index (χ2n) is 26.4. The van der Waals surface area contributed by atoms with Gasteiger partial charge in [-0.3, -0.25) is 0 Å². The second-order valence-corrected chi connectivity index (χ2v) is 26.4. The molecule has 35 atom stereocenters. The molecule has 77 heavy (non-hydrogen) atoms. The van der Waals surface area contributed by atoms with E-state index in [-0.39, 0.29) is 168 Å². The normalized spacial score (nSPS) is 55.4. The van der Waals surface area contributed by atoms with E-state index < -0.39 is 44.0 Å². The molecule has 21 aliphatic rings. The van der Waals surface area contributed by atoms with Crippen molar-refractivity contribution in [2.45, 2.75) is 320 Å². The molecule has 14 heteroatoms. The first-order chi connectivity index (χ1) is 36.7. The summed E-state index contributed by atoms with van der Waals surface area (Å²) in [6, 6.07) is 0. The van der Waals surface area contributed by atoms with Gasteiger partial charge in [-0.25, -0.2) is 0 Å². The zero-order valence-corrected chi connectivity index (χ0v) is 51.9. The highest BCUT2D eigenvalue weighted by Gasteiger charge is 2.56. The van der Waals surface area contributed by atoms with Crippen LogP contribution in [0.25, 0.3) is 0 Å². The summed E-state index contributed by atoms with van der Waals surface area (Å²) in [5.74, 6) is 1.39. The summed E-state index contributed by atoms with van der Waals surface area (Å²) in [4.78, 5) is 0. The van der Waals surface area contributed by atoms with Crippen LogP contribution < -0.4 is 0 Å². The molecule has 0 radical (unpaired) electrons. The maximum absolute atomic E-state index is 7.19. The Morgan fingerprint density at radius 1 is 0.156 bits per heavy atom. The monoisotopic (exact) mass is 1090 g/mol. The van der Waals surface area contributed by atoms with Crippen LogP contribution in [0.5, 0.6) is 0 Å². The average Bonchev–Trinajstić information content (AvgIpc) is 3.47. The predicted octanol–water partition coefficient (Wildman–Crippen LogP) is 12.5. The van der Waals surface area contributed by atoms with Crippen LogP contribution in [0.4, 0.5) is 0 Å². The van der Waals surface area contributed by atoms with Gasteiger partial charge in [0, 0.05) is 41.4 Å². The zero-order chi connectivity index (χ0) is 56.1. The summed E-state index contributed by atoms with van der Waals surface area (Å²) >= 11 is 0. The molecule has 0 aliphatic carbocycles. The van der Waals surface area contributed by atoms with E-state index in [9.17, 15) is 0 Å². The van der Waals surface area contributed by atoms with Crippen molar-refractivity contribution in [1.82, 2.24) is 0 Å². The van der Waals surface area contributed by atoms with Crippen LogP contribution in [-0.4, -0.2) is 129 Å². The lowest BCUT2D eigenvalue weighted by atomic mass is 9.80. The molecule has 21 fully saturated rings. The minimum Gasteiger partial charge on any atom is -0.346 e. The summed E-state index contributed by atoms with van der Waals surface area (Å²) in [5.41, 5.74) is 0. The Morgan fingerprint density at radius 2 is 0.260 bits per heavy atom. The lowest BCUT2D eigenvalue weighted by Crippen LogP contribution is -2.60. The first kappa shape index (κ1) is 62.5. The smallest absolute Gasteiger partial charge is 0.161 e. The topological polar surface area (TPSA) is 129 Å². The van der Waals surface area contributed by atoms with Crippen LogP contribution in [0, 0.1) is 82.9 Å². The quantitative estimate of drug-likeness (QED) is 0.240. The molecular weight excluding hydrogens is 981 g/mol. The minimum absolute atomic E-state index is 0.0573. The van der Waals surface area contributed by atoms with E-state index in [1.54, 1.807) is 0 Å². The highest BCUT2D eigenvalue weighted by Crippen LogP contribution is 2.48. The van der Waals surface area contributed by atoms with Gasteiger partial charge in [0.15, 0.2) is 44.0 Å². The van der Waals surface area contributed by atoms with Gasteiger partial charge in [0.1, 0.15) is 0 Å². The fourth-order valence-corrected chi connectivity index (χ4v) is 14.8. The third-order valence-corrected chi connectivity index (χ3v) is 22.0. The Bertz CT molecular complexity index is 1440. The lowest BCUT2D eigenvalue weighted by molar-refractivity contribution is -0.368. The molecule has 448 valence electrons. The third kappa shape index (κ3) is 12.4. The van der Waals surface area contributed by atoms with Crippen LogP contribution in [0.1, 0.15) is 190 Å². The molecule has 21 heterocycles. The van der Waals surface area contributed by atoms with Gasteiger partial charge in [-0.15, -0.1) is 0 Å². The molecule has 14 nitrogen and oxygen atoms in total. The van der Waals surface area contributed by atoms with Crippen molar-refractivity contribution in [1.29, 1.82) is 0 Å².